The quantitative estimate of drug-likeness (QED) is 0.618. The monoisotopic (exact) mass is 339 g/mol. The van der Waals surface area contributed by atoms with Crippen molar-refractivity contribution in [3.8, 4) is 0 Å². The van der Waals surface area contributed by atoms with Gasteiger partial charge < -0.3 is 4.90 Å². The Labute approximate surface area is 146 Å². The number of fused-ring (bicyclic) bond motifs is 1. The van der Waals surface area contributed by atoms with E-state index in [2.05, 4.69) is 23.2 Å². The normalized spacial score (nSPS) is 16.1. The number of hydrogen-bond donors (Lipinski definition) is 0. The average Bonchev–Trinajstić information content (AvgIpc) is 2.65. The number of benzene rings is 1. The zero-order valence-electron chi connectivity index (χ0n) is 14.2. The first-order valence-corrected chi connectivity index (χ1v) is 8.58. The van der Waals surface area contributed by atoms with Crippen molar-refractivity contribution in [2.75, 3.05) is 6.54 Å². The van der Waals surface area contributed by atoms with Gasteiger partial charge in [-0.25, -0.2) is 4.98 Å². The molecule has 3 rings (SSSR count). The third-order valence-electron chi connectivity index (χ3n) is 4.66. The first-order chi connectivity index (χ1) is 12.1. The molecule has 0 fully saturated rings. The fraction of sp³-hybridized carbons (Fsp3) is 0.368. The zero-order chi connectivity index (χ0) is 17.8. The molecule has 2 aromatic rings. The van der Waals surface area contributed by atoms with Crippen molar-refractivity contribution in [2.45, 2.75) is 38.6 Å². The highest BCUT2D eigenvalue weighted by Crippen LogP contribution is 2.25. The maximum absolute atomic E-state index is 12.9. The molecule has 6 heteroatoms. The fourth-order valence-corrected chi connectivity index (χ4v) is 3.40. The van der Waals surface area contributed by atoms with Gasteiger partial charge in [-0.2, -0.15) is 0 Å². The molecule has 1 aliphatic carbocycles. The van der Waals surface area contributed by atoms with Gasteiger partial charge in [-0.3, -0.25) is 14.9 Å². The number of rotatable bonds is 5. The lowest BCUT2D eigenvalue weighted by Gasteiger charge is -2.35. The van der Waals surface area contributed by atoms with Crippen LogP contribution in [0.3, 0.4) is 0 Å². The number of amides is 1. The second-order valence-corrected chi connectivity index (χ2v) is 6.32. The topological polar surface area (TPSA) is 76.3 Å². The van der Waals surface area contributed by atoms with E-state index in [1.165, 1.54) is 23.3 Å². The van der Waals surface area contributed by atoms with E-state index in [0.717, 1.165) is 31.9 Å². The van der Waals surface area contributed by atoms with Gasteiger partial charge in [0.15, 0.2) is 0 Å². The van der Waals surface area contributed by atoms with Crippen LogP contribution in [0.15, 0.2) is 42.6 Å². The summed E-state index contributed by atoms with van der Waals surface area (Å²) in [5.74, 6) is -0.152. The summed E-state index contributed by atoms with van der Waals surface area (Å²) in [6, 6.07) is 11.3. The van der Waals surface area contributed by atoms with Crippen LogP contribution >= 0.6 is 0 Å². The summed E-state index contributed by atoms with van der Waals surface area (Å²) in [6.07, 6.45) is 4.73. The lowest BCUT2D eigenvalue weighted by atomic mass is 9.87. The van der Waals surface area contributed by atoms with Crippen LogP contribution in [0, 0.1) is 10.1 Å². The van der Waals surface area contributed by atoms with E-state index in [4.69, 9.17) is 0 Å². The highest BCUT2D eigenvalue weighted by molar-refractivity contribution is 5.92. The molecular formula is C19H21N3O3. The zero-order valence-corrected chi connectivity index (χ0v) is 14.2. The van der Waals surface area contributed by atoms with Crippen molar-refractivity contribution >= 4 is 11.6 Å². The third kappa shape index (κ3) is 3.68. The Bertz CT molecular complexity index is 774. The van der Waals surface area contributed by atoms with Gasteiger partial charge >= 0.3 is 0 Å². The van der Waals surface area contributed by atoms with Crippen LogP contribution in [0.5, 0.6) is 0 Å². The predicted octanol–water partition coefficient (Wildman–Crippen LogP) is 3.40. The van der Waals surface area contributed by atoms with Crippen molar-refractivity contribution in [1.82, 2.24) is 9.88 Å². The molecule has 1 aromatic carbocycles. The Morgan fingerprint density at radius 1 is 1.28 bits per heavy atom. The smallest absolute Gasteiger partial charge is 0.287 e. The minimum absolute atomic E-state index is 0.106. The van der Waals surface area contributed by atoms with Gasteiger partial charge in [0.05, 0.1) is 4.92 Å². The third-order valence-corrected chi connectivity index (χ3v) is 4.66. The molecule has 6 nitrogen and oxygen atoms in total. The number of hydrogen-bond acceptors (Lipinski definition) is 4. The summed E-state index contributed by atoms with van der Waals surface area (Å²) in [6.45, 7) is 2.70. The Hall–Kier alpha value is -2.76. The SMILES string of the molecule is CCCN(C(=O)c1ccc([N+](=O)[O-])cn1)[C@@H]1CCc2ccccc2C1. The Morgan fingerprint density at radius 2 is 2.04 bits per heavy atom. The van der Waals surface area contributed by atoms with E-state index < -0.39 is 4.92 Å². The van der Waals surface area contributed by atoms with Gasteiger partial charge in [-0.05, 0) is 42.9 Å². The molecule has 0 spiro atoms. The van der Waals surface area contributed by atoms with Gasteiger partial charge in [-0.1, -0.05) is 31.2 Å². The van der Waals surface area contributed by atoms with Crippen molar-refractivity contribution in [1.29, 1.82) is 0 Å². The Kier molecular flexibility index (Phi) is 5.07. The number of aryl methyl sites for hydroxylation is 1. The van der Waals surface area contributed by atoms with E-state index in [1.807, 2.05) is 17.9 Å². The van der Waals surface area contributed by atoms with E-state index in [-0.39, 0.29) is 23.3 Å². The molecule has 25 heavy (non-hydrogen) atoms. The van der Waals surface area contributed by atoms with Crippen molar-refractivity contribution in [3.63, 3.8) is 0 Å². The van der Waals surface area contributed by atoms with Crippen molar-refractivity contribution in [2.24, 2.45) is 0 Å². The maximum Gasteiger partial charge on any atom is 0.287 e. The van der Waals surface area contributed by atoms with E-state index in [0.29, 0.717) is 6.54 Å². The second-order valence-electron chi connectivity index (χ2n) is 6.32. The molecule has 1 aliphatic rings. The van der Waals surface area contributed by atoms with Crippen LogP contribution < -0.4 is 0 Å². The number of nitro groups is 1. The van der Waals surface area contributed by atoms with Crippen LogP contribution in [0.2, 0.25) is 0 Å². The molecular weight excluding hydrogens is 318 g/mol. The molecule has 0 unspecified atom stereocenters. The second kappa shape index (κ2) is 7.42. The average molecular weight is 339 g/mol. The molecule has 0 N–H and O–H groups in total. The Balaban J connectivity index is 1.81. The molecule has 1 amide bonds. The number of carbonyl (C=O) groups excluding carboxylic acids is 1. The minimum Gasteiger partial charge on any atom is -0.334 e. The summed E-state index contributed by atoms with van der Waals surface area (Å²) in [5, 5.41) is 10.8. The maximum atomic E-state index is 12.9. The summed E-state index contributed by atoms with van der Waals surface area (Å²) in [4.78, 5) is 29.1. The van der Waals surface area contributed by atoms with Gasteiger partial charge in [0.25, 0.3) is 11.6 Å². The number of aromatic nitrogens is 1. The predicted molar refractivity (Wildman–Crippen MR) is 94.5 cm³/mol. The summed E-state index contributed by atoms with van der Waals surface area (Å²) in [7, 11) is 0. The van der Waals surface area contributed by atoms with Gasteiger partial charge in [0, 0.05) is 18.7 Å². The first-order valence-electron chi connectivity index (χ1n) is 8.58. The minimum atomic E-state index is -0.511. The highest BCUT2D eigenvalue weighted by atomic mass is 16.6. The summed E-state index contributed by atoms with van der Waals surface area (Å²) < 4.78 is 0. The van der Waals surface area contributed by atoms with Crippen LogP contribution in [-0.2, 0) is 12.8 Å². The first kappa shape index (κ1) is 17.1. The van der Waals surface area contributed by atoms with Crippen LogP contribution in [0.25, 0.3) is 0 Å². The van der Waals surface area contributed by atoms with Gasteiger partial charge in [0.2, 0.25) is 0 Å². The standard InChI is InChI=1S/C19H21N3O3/c1-2-11-21(16-8-7-14-5-3-4-6-15(14)12-16)19(23)18-10-9-17(13-20-18)22(24)25/h3-6,9-10,13,16H,2,7-8,11-12H2,1H3/t16-/m1/s1. The lowest BCUT2D eigenvalue weighted by molar-refractivity contribution is -0.385. The molecule has 130 valence electrons. The molecule has 1 heterocycles. The highest BCUT2D eigenvalue weighted by Gasteiger charge is 2.28. The Morgan fingerprint density at radius 3 is 2.68 bits per heavy atom. The molecule has 0 radical (unpaired) electrons. The van der Waals surface area contributed by atoms with Crippen LogP contribution in [0.4, 0.5) is 5.69 Å². The summed E-state index contributed by atoms with van der Waals surface area (Å²) in [5.41, 5.74) is 2.81. The molecule has 1 aromatic heterocycles. The molecule has 0 aliphatic heterocycles. The van der Waals surface area contributed by atoms with E-state index >= 15 is 0 Å². The number of carbonyl (C=O) groups is 1. The number of nitrogens with zero attached hydrogens (tertiary/aromatic N) is 3. The molecule has 0 bridgehead atoms. The largest absolute Gasteiger partial charge is 0.334 e. The summed E-state index contributed by atoms with van der Waals surface area (Å²) >= 11 is 0. The van der Waals surface area contributed by atoms with E-state index in [1.54, 1.807) is 0 Å². The molecule has 0 saturated heterocycles. The van der Waals surface area contributed by atoms with E-state index in [9.17, 15) is 14.9 Å². The van der Waals surface area contributed by atoms with Crippen molar-refractivity contribution < 1.29 is 9.72 Å². The van der Waals surface area contributed by atoms with Crippen LogP contribution in [-0.4, -0.2) is 33.3 Å². The van der Waals surface area contributed by atoms with Gasteiger partial charge in [0.1, 0.15) is 11.9 Å². The van der Waals surface area contributed by atoms with Gasteiger partial charge in [-0.15, -0.1) is 0 Å². The fourth-order valence-electron chi connectivity index (χ4n) is 3.40. The number of pyridine rings is 1. The molecule has 0 saturated carbocycles. The molecule has 1 atom stereocenters. The lowest BCUT2D eigenvalue weighted by Crippen LogP contribution is -2.44. The van der Waals surface area contributed by atoms with Crippen molar-refractivity contribution in [3.05, 3.63) is 69.5 Å². The van der Waals surface area contributed by atoms with Crippen LogP contribution in [0.1, 0.15) is 41.4 Å².